The Morgan fingerprint density at radius 1 is 1.50 bits per heavy atom. The van der Waals surface area contributed by atoms with Gasteiger partial charge in [-0.25, -0.2) is 9.78 Å². The standard InChI is InChI=1S/C12H19N3O3/c1-8(2)4-5-13-12-14-9(3)6-10(15-12)18-7-11(16)17/h6,8H,4-5,7H2,1-3H3,(H,16,17)(H,13,14,15). The van der Waals surface area contributed by atoms with Crippen LogP contribution < -0.4 is 10.1 Å². The summed E-state index contributed by atoms with van der Waals surface area (Å²) in [5.41, 5.74) is 0.734. The normalized spacial score (nSPS) is 10.4. The van der Waals surface area contributed by atoms with Gasteiger partial charge in [0.15, 0.2) is 6.61 Å². The van der Waals surface area contributed by atoms with Crippen molar-refractivity contribution in [2.45, 2.75) is 27.2 Å². The van der Waals surface area contributed by atoms with Crippen LogP contribution in [0.3, 0.4) is 0 Å². The van der Waals surface area contributed by atoms with Gasteiger partial charge in [-0.3, -0.25) is 0 Å². The highest BCUT2D eigenvalue weighted by molar-refractivity contribution is 5.68. The van der Waals surface area contributed by atoms with Crippen molar-refractivity contribution in [3.63, 3.8) is 0 Å². The summed E-state index contributed by atoms with van der Waals surface area (Å²) >= 11 is 0. The van der Waals surface area contributed by atoms with E-state index >= 15 is 0 Å². The molecule has 0 saturated heterocycles. The van der Waals surface area contributed by atoms with Crippen LogP contribution in [0.15, 0.2) is 6.07 Å². The Bertz CT molecular complexity index is 408. The van der Waals surface area contributed by atoms with Gasteiger partial charge in [-0.2, -0.15) is 4.98 Å². The zero-order valence-corrected chi connectivity index (χ0v) is 10.9. The van der Waals surface area contributed by atoms with Crippen molar-refractivity contribution in [2.75, 3.05) is 18.5 Å². The Morgan fingerprint density at radius 3 is 2.83 bits per heavy atom. The number of aliphatic carboxylic acids is 1. The van der Waals surface area contributed by atoms with Crippen LogP contribution in [0.4, 0.5) is 5.95 Å². The maximum absolute atomic E-state index is 10.4. The summed E-state index contributed by atoms with van der Waals surface area (Å²) in [5, 5.41) is 11.6. The molecule has 2 N–H and O–H groups in total. The minimum atomic E-state index is -1.03. The Morgan fingerprint density at radius 2 is 2.22 bits per heavy atom. The summed E-state index contributed by atoms with van der Waals surface area (Å²) in [4.78, 5) is 18.7. The fraction of sp³-hybridized carbons (Fsp3) is 0.583. The van der Waals surface area contributed by atoms with E-state index in [4.69, 9.17) is 9.84 Å². The van der Waals surface area contributed by atoms with E-state index in [2.05, 4.69) is 29.1 Å². The molecule has 1 aromatic rings. The SMILES string of the molecule is Cc1cc(OCC(=O)O)nc(NCCC(C)C)n1. The van der Waals surface area contributed by atoms with Crippen LogP contribution in [-0.4, -0.2) is 34.2 Å². The third-order valence-electron chi connectivity index (χ3n) is 2.18. The molecule has 1 aromatic heterocycles. The lowest BCUT2D eigenvalue weighted by atomic mass is 10.1. The summed E-state index contributed by atoms with van der Waals surface area (Å²) in [7, 11) is 0. The fourth-order valence-electron chi connectivity index (χ4n) is 1.30. The van der Waals surface area contributed by atoms with E-state index in [0.717, 1.165) is 18.7 Å². The van der Waals surface area contributed by atoms with Gasteiger partial charge < -0.3 is 15.2 Å². The Kier molecular flexibility index (Phi) is 5.35. The second-order valence-corrected chi connectivity index (χ2v) is 4.46. The Hall–Kier alpha value is -1.85. The van der Waals surface area contributed by atoms with Crippen LogP contribution >= 0.6 is 0 Å². The number of hydrogen-bond acceptors (Lipinski definition) is 5. The molecule has 0 aliphatic carbocycles. The maximum atomic E-state index is 10.4. The quantitative estimate of drug-likeness (QED) is 0.769. The van der Waals surface area contributed by atoms with Crippen molar-refractivity contribution in [2.24, 2.45) is 5.92 Å². The molecule has 0 aliphatic heterocycles. The van der Waals surface area contributed by atoms with E-state index in [0.29, 0.717) is 11.9 Å². The first-order chi connectivity index (χ1) is 8.47. The summed E-state index contributed by atoms with van der Waals surface area (Å²) in [6.45, 7) is 6.46. The predicted octanol–water partition coefficient (Wildman–Crippen LogP) is 1.71. The van der Waals surface area contributed by atoms with Crippen LogP contribution in [0, 0.1) is 12.8 Å². The van der Waals surface area contributed by atoms with E-state index in [1.54, 1.807) is 6.07 Å². The van der Waals surface area contributed by atoms with Crippen LogP contribution in [0.2, 0.25) is 0 Å². The van der Waals surface area contributed by atoms with E-state index in [-0.39, 0.29) is 5.88 Å². The molecule has 0 amide bonds. The molecule has 0 aromatic carbocycles. The lowest BCUT2D eigenvalue weighted by Gasteiger charge is -2.09. The second kappa shape index (κ2) is 6.78. The summed E-state index contributed by atoms with van der Waals surface area (Å²) in [6.07, 6.45) is 1.02. The molecular weight excluding hydrogens is 234 g/mol. The molecule has 1 heterocycles. The number of nitrogens with zero attached hydrogens (tertiary/aromatic N) is 2. The highest BCUT2D eigenvalue weighted by atomic mass is 16.5. The number of aromatic nitrogens is 2. The topological polar surface area (TPSA) is 84.3 Å². The first-order valence-corrected chi connectivity index (χ1v) is 5.91. The average molecular weight is 253 g/mol. The number of hydrogen-bond donors (Lipinski definition) is 2. The van der Waals surface area contributed by atoms with Crippen LogP contribution in [-0.2, 0) is 4.79 Å². The highest BCUT2D eigenvalue weighted by Gasteiger charge is 2.05. The summed E-state index contributed by atoms with van der Waals surface area (Å²) < 4.78 is 5.03. The van der Waals surface area contributed by atoms with Gasteiger partial charge in [0.2, 0.25) is 11.8 Å². The minimum absolute atomic E-state index is 0.275. The van der Waals surface area contributed by atoms with Gasteiger partial charge in [0, 0.05) is 18.3 Å². The first-order valence-electron chi connectivity index (χ1n) is 5.91. The summed E-state index contributed by atoms with van der Waals surface area (Å²) in [5.74, 6) is 0.318. The molecule has 0 aliphatic rings. The fourth-order valence-corrected chi connectivity index (χ4v) is 1.30. The Balaban J connectivity index is 2.59. The van der Waals surface area contributed by atoms with Gasteiger partial charge in [0.25, 0.3) is 0 Å². The smallest absolute Gasteiger partial charge is 0.341 e. The van der Waals surface area contributed by atoms with Crippen molar-refractivity contribution in [1.82, 2.24) is 9.97 Å². The zero-order chi connectivity index (χ0) is 13.5. The van der Waals surface area contributed by atoms with Crippen LogP contribution in [0.5, 0.6) is 5.88 Å². The number of anilines is 1. The molecule has 0 atom stereocenters. The summed E-state index contributed by atoms with van der Waals surface area (Å²) in [6, 6.07) is 1.61. The molecular formula is C12H19N3O3. The molecule has 0 spiro atoms. The average Bonchev–Trinajstić information content (AvgIpc) is 2.25. The molecule has 0 fully saturated rings. The van der Waals surface area contributed by atoms with Crippen molar-refractivity contribution in [3.05, 3.63) is 11.8 Å². The van der Waals surface area contributed by atoms with Crippen LogP contribution in [0.1, 0.15) is 26.0 Å². The molecule has 100 valence electrons. The highest BCUT2D eigenvalue weighted by Crippen LogP contribution is 2.12. The minimum Gasteiger partial charge on any atom is -0.479 e. The number of carbonyl (C=O) groups is 1. The van der Waals surface area contributed by atoms with Crippen molar-refractivity contribution in [1.29, 1.82) is 0 Å². The first kappa shape index (κ1) is 14.2. The van der Waals surface area contributed by atoms with Crippen molar-refractivity contribution >= 4 is 11.9 Å². The van der Waals surface area contributed by atoms with E-state index < -0.39 is 12.6 Å². The third kappa shape index (κ3) is 5.47. The maximum Gasteiger partial charge on any atom is 0.341 e. The number of nitrogens with one attached hydrogen (secondary N) is 1. The predicted molar refractivity (Wildman–Crippen MR) is 67.8 cm³/mol. The number of carboxylic acid groups (broad SMARTS) is 1. The van der Waals surface area contributed by atoms with Gasteiger partial charge in [-0.05, 0) is 19.3 Å². The molecule has 1 rings (SSSR count). The lowest BCUT2D eigenvalue weighted by Crippen LogP contribution is -2.12. The van der Waals surface area contributed by atoms with Crippen LogP contribution in [0.25, 0.3) is 0 Å². The monoisotopic (exact) mass is 253 g/mol. The zero-order valence-electron chi connectivity index (χ0n) is 10.9. The van der Waals surface area contributed by atoms with E-state index in [9.17, 15) is 4.79 Å². The molecule has 0 bridgehead atoms. The van der Waals surface area contributed by atoms with E-state index in [1.165, 1.54) is 0 Å². The number of ether oxygens (including phenoxy) is 1. The van der Waals surface area contributed by atoms with Gasteiger partial charge in [0.05, 0.1) is 0 Å². The van der Waals surface area contributed by atoms with Gasteiger partial charge in [-0.15, -0.1) is 0 Å². The molecule has 18 heavy (non-hydrogen) atoms. The Labute approximate surface area is 106 Å². The largest absolute Gasteiger partial charge is 0.479 e. The van der Waals surface area contributed by atoms with Gasteiger partial charge in [0.1, 0.15) is 0 Å². The number of rotatable bonds is 7. The second-order valence-electron chi connectivity index (χ2n) is 4.46. The van der Waals surface area contributed by atoms with Crippen molar-refractivity contribution < 1.29 is 14.6 Å². The number of carboxylic acids is 1. The molecule has 0 unspecified atom stereocenters. The number of aryl methyl sites for hydroxylation is 1. The van der Waals surface area contributed by atoms with Gasteiger partial charge in [-0.1, -0.05) is 13.8 Å². The molecule has 6 heteroatoms. The molecule has 0 radical (unpaired) electrons. The van der Waals surface area contributed by atoms with Crippen molar-refractivity contribution in [3.8, 4) is 5.88 Å². The molecule has 0 saturated carbocycles. The van der Waals surface area contributed by atoms with Gasteiger partial charge >= 0.3 is 5.97 Å². The third-order valence-corrected chi connectivity index (χ3v) is 2.18. The molecule has 6 nitrogen and oxygen atoms in total. The van der Waals surface area contributed by atoms with E-state index in [1.807, 2.05) is 6.92 Å². The lowest BCUT2D eigenvalue weighted by molar-refractivity contribution is -0.139.